The number of aliphatic carboxylic acids is 1. The third kappa shape index (κ3) is 5.52. The van der Waals surface area contributed by atoms with Crippen molar-refractivity contribution in [3.05, 3.63) is 0 Å². The van der Waals surface area contributed by atoms with E-state index in [1.165, 1.54) is 0 Å². The normalized spacial score (nSPS) is 11.0. The third-order valence-corrected chi connectivity index (χ3v) is 2.22. The van der Waals surface area contributed by atoms with Gasteiger partial charge >= 0.3 is 5.97 Å². The summed E-state index contributed by atoms with van der Waals surface area (Å²) in [5.41, 5.74) is 0. The van der Waals surface area contributed by atoms with Crippen molar-refractivity contribution in [1.29, 1.82) is 0 Å². The maximum atomic E-state index is 11.2. The Kier molecular flexibility index (Phi) is 4.55. The molecule has 0 rings (SSSR count). The highest BCUT2D eigenvalue weighted by atomic mass is 32.2. The van der Waals surface area contributed by atoms with E-state index >= 15 is 0 Å². The lowest BCUT2D eigenvalue weighted by molar-refractivity contribution is -0.143. The van der Waals surface area contributed by atoms with Crippen LogP contribution in [0.4, 0.5) is 0 Å². The molecule has 0 aromatic rings. The number of hydrogen-bond donors (Lipinski definition) is 1. The van der Waals surface area contributed by atoms with Crippen LogP contribution in [0.3, 0.4) is 0 Å². The maximum Gasteiger partial charge on any atom is 0.323 e. The topological polar surface area (TPSA) is 91.8 Å². The molecule has 0 aliphatic rings. The first kappa shape index (κ1) is 12.9. The van der Waals surface area contributed by atoms with Gasteiger partial charge in [0.25, 0.3) is 0 Å². The largest absolute Gasteiger partial charge is 0.480 e. The summed E-state index contributed by atoms with van der Waals surface area (Å²) in [6, 6.07) is 0. The Hall–Kier alpha value is -1.11. The first-order chi connectivity index (χ1) is 6.26. The van der Waals surface area contributed by atoms with E-state index in [0.29, 0.717) is 0 Å². The van der Waals surface area contributed by atoms with Gasteiger partial charge in [0, 0.05) is 12.8 Å². The summed E-state index contributed by atoms with van der Waals surface area (Å²) < 4.78 is 21.5. The van der Waals surface area contributed by atoms with Crippen LogP contribution in [0.1, 0.15) is 6.92 Å². The molecule has 6 nitrogen and oxygen atoms in total. The molecule has 0 spiro atoms. The van der Waals surface area contributed by atoms with Crippen LogP contribution in [0, 0.1) is 0 Å². The van der Waals surface area contributed by atoms with Crippen molar-refractivity contribution in [2.75, 3.05) is 25.1 Å². The molecular formula is C7H13NO5S. The second kappa shape index (κ2) is 4.94. The van der Waals surface area contributed by atoms with Crippen molar-refractivity contribution in [2.24, 2.45) is 0 Å². The van der Waals surface area contributed by atoms with Crippen molar-refractivity contribution in [3.63, 3.8) is 0 Å². The van der Waals surface area contributed by atoms with E-state index in [2.05, 4.69) is 0 Å². The molecule has 14 heavy (non-hydrogen) atoms. The monoisotopic (exact) mass is 223 g/mol. The van der Waals surface area contributed by atoms with Gasteiger partial charge in [0.2, 0.25) is 5.91 Å². The minimum atomic E-state index is -3.40. The molecule has 7 heteroatoms. The molecule has 0 unspecified atom stereocenters. The Bertz CT molecular complexity index is 321. The van der Waals surface area contributed by atoms with E-state index in [1.54, 1.807) is 6.92 Å². The summed E-state index contributed by atoms with van der Waals surface area (Å²) in [7, 11) is -3.40. The molecule has 0 fully saturated rings. The Balaban J connectivity index is 4.40. The van der Waals surface area contributed by atoms with Crippen LogP contribution in [-0.2, 0) is 19.4 Å². The number of carboxylic acids is 1. The van der Waals surface area contributed by atoms with Crippen molar-refractivity contribution in [1.82, 2.24) is 4.90 Å². The van der Waals surface area contributed by atoms with Crippen LogP contribution in [0.25, 0.3) is 0 Å². The van der Waals surface area contributed by atoms with Crippen LogP contribution >= 0.6 is 0 Å². The molecule has 82 valence electrons. The second-order valence-electron chi connectivity index (χ2n) is 2.87. The number of likely N-dealkylation sites (N-methyl/N-ethyl adjacent to an activating group) is 1. The third-order valence-electron chi connectivity index (χ3n) is 1.45. The highest BCUT2D eigenvalue weighted by Crippen LogP contribution is 1.93. The lowest BCUT2D eigenvalue weighted by Crippen LogP contribution is -2.38. The van der Waals surface area contributed by atoms with Gasteiger partial charge in [-0.2, -0.15) is 0 Å². The van der Waals surface area contributed by atoms with Gasteiger partial charge < -0.3 is 10.0 Å². The van der Waals surface area contributed by atoms with Crippen LogP contribution < -0.4 is 0 Å². The first-order valence-corrected chi connectivity index (χ1v) is 5.99. The van der Waals surface area contributed by atoms with Crippen molar-refractivity contribution >= 4 is 21.7 Å². The predicted octanol–water partition coefficient (Wildman–Crippen LogP) is -1.04. The summed E-state index contributed by atoms with van der Waals surface area (Å²) in [6.45, 7) is 1.30. The Labute approximate surface area is 82.4 Å². The molecule has 1 N–H and O–H groups in total. The average molecular weight is 223 g/mol. The molecule has 0 radical (unpaired) electrons. The van der Waals surface area contributed by atoms with Gasteiger partial charge in [0.05, 0.1) is 0 Å². The second-order valence-corrected chi connectivity index (χ2v) is 5.01. The number of hydrogen-bond acceptors (Lipinski definition) is 4. The Morgan fingerprint density at radius 3 is 2.14 bits per heavy atom. The summed E-state index contributed by atoms with van der Waals surface area (Å²) in [5.74, 6) is -2.49. The van der Waals surface area contributed by atoms with Crippen LogP contribution in [0.15, 0.2) is 0 Å². The van der Waals surface area contributed by atoms with E-state index in [-0.39, 0.29) is 6.54 Å². The smallest absolute Gasteiger partial charge is 0.323 e. The lowest BCUT2D eigenvalue weighted by Gasteiger charge is -2.17. The number of rotatable bonds is 5. The molecule has 0 saturated carbocycles. The number of carbonyl (C=O) groups is 2. The van der Waals surface area contributed by atoms with Gasteiger partial charge in [-0.3, -0.25) is 9.59 Å². The average Bonchev–Trinajstić information content (AvgIpc) is 1.96. The van der Waals surface area contributed by atoms with Crippen LogP contribution in [0.2, 0.25) is 0 Å². The maximum absolute atomic E-state index is 11.2. The van der Waals surface area contributed by atoms with E-state index in [9.17, 15) is 18.0 Å². The van der Waals surface area contributed by atoms with Gasteiger partial charge in [-0.1, -0.05) is 0 Å². The van der Waals surface area contributed by atoms with E-state index < -0.39 is 34.0 Å². The van der Waals surface area contributed by atoms with Crippen LogP contribution in [-0.4, -0.2) is 55.4 Å². The highest BCUT2D eigenvalue weighted by molar-refractivity contribution is 7.91. The lowest BCUT2D eigenvalue weighted by atomic mass is 10.4. The fourth-order valence-electron chi connectivity index (χ4n) is 0.855. The fourth-order valence-corrected chi connectivity index (χ4v) is 1.49. The number of carboxylic acid groups (broad SMARTS) is 1. The SMILES string of the molecule is CCN(CC(=O)O)C(=O)CS(C)(=O)=O. The van der Waals surface area contributed by atoms with Gasteiger partial charge in [-0.25, -0.2) is 8.42 Å². The van der Waals surface area contributed by atoms with Crippen molar-refractivity contribution in [3.8, 4) is 0 Å². The predicted molar refractivity (Wildman–Crippen MR) is 49.6 cm³/mol. The number of carbonyl (C=O) groups excluding carboxylic acids is 1. The van der Waals surface area contributed by atoms with E-state index in [0.717, 1.165) is 11.2 Å². The van der Waals surface area contributed by atoms with Crippen molar-refractivity contribution < 1.29 is 23.1 Å². The zero-order chi connectivity index (χ0) is 11.4. The molecule has 0 aromatic heterocycles. The molecule has 0 saturated heterocycles. The minimum absolute atomic E-state index is 0.181. The number of amides is 1. The molecule has 0 atom stereocenters. The molecule has 0 aromatic carbocycles. The molecule has 0 heterocycles. The molecule has 1 amide bonds. The van der Waals surface area contributed by atoms with Gasteiger partial charge in [0.1, 0.15) is 12.3 Å². The minimum Gasteiger partial charge on any atom is -0.480 e. The highest BCUT2D eigenvalue weighted by Gasteiger charge is 2.18. The summed E-state index contributed by atoms with van der Waals surface area (Å²) >= 11 is 0. The molecule has 0 bridgehead atoms. The standard InChI is InChI=1S/C7H13NO5S/c1-3-8(4-7(10)11)6(9)5-14(2,12)13/h3-5H2,1-2H3,(H,10,11). The quantitative estimate of drug-likeness (QED) is 0.643. The van der Waals surface area contributed by atoms with Crippen LogP contribution in [0.5, 0.6) is 0 Å². The number of sulfone groups is 1. The van der Waals surface area contributed by atoms with E-state index in [1.807, 2.05) is 0 Å². The van der Waals surface area contributed by atoms with Gasteiger partial charge in [-0.15, -0.1) is 0 Å². The zero-order valence-corrected chi connectivity index (χ0v) is 8.87. The summed E-state index contributed by atoms with van der Waals surface area (Å²) in [4.78, 5) is 22.5. The molecular weight excluding hydrogens is 210 g/mol. The summed E-state index contributed by atoms with van der Waals surface area (Å²) in [5, 5.41) is 8.42. The van der Waals surface area contributed by atoms with Gasteiger partial charge in [0.15, 0.2) is 9.84 Å². The molecule has 0 aliphatic carbocycles. The first-order valence-electron chi connectivity index (χ1n) is 3.93. The Morgan fingerprint density at radius 2 is 1.86 bits per heavy atom. The number of nitrogens with zero attached hydrogens (tertiary/aromatic N) is 1. The van der Waals surface area contributed by atoms with Crippen molar-refractivity contribution in [2.45, 2.75) is 6.92 Å². The summed E-state index contributed by atoms with van der Waals surface area (Å²) in [6.07, 6.45) is 0.930. The fraction of sp³-hybridized carbons (Fsp3) is 0.714. The zero-order valence-electron chi connectivity index (χ0n) is 8.06. The van der Waals surface area contributed by atoms with E-state index in [4.69, 9.17) is 5.11 Å². The molecule has 0 aliphatic heterocycles. The Morgan fingerprint density at radius 1 is 1.36 bits per heavy atom. The van der Waals surface area contributed by atoms with Gasteiger partial charge in [-0.05, 0) is 6.92 Å².